The molecule has 3 aromatic rings. The highest BCUT2D eigenvalue weighted by Gasteiger charge is 2.36. The Morgan fingerprint density at radius 2 is 2.08 bits per heavy atom. The van der Waals surface area contributed by atoms with Crippen LogP contribution in [-0.2, 0) is 19.8 Å². The molecule has 0 aromatic carbocycles. The molecule has 3 aromatic heterocycles. The summed E-state index contributed by atoms with van der Waals surface area (Å²) in [6.45, 7) is 1.49. The van der Waals surface area contributed by atoms with E-state index in [0.29, 0.717) is 10.2 Å². The maximum atomic E-state index is 13.2. The number of carbonyl (C=O) groups is 1. The number of fused-ring (bicyclic) bond motifs is 1. The van der Waals surface area contributed by atoms with Crippen LogP contribution in [0.4, 0.5) is 13.2 Å². The average Bonchev–Trinajstić information content (AvgIpc) is 3.08. The molecule has 1 amide bonds. The second kappa shape index (κ2) is 6.03. The first kappa shape index (κ1) is 17.2. The smallest absolute Gasteiger partial charge is 0.345 e. The quantitative estimate of drug-likeness (QED) is 0.765. The van der Waals surface area contributed by atoms with Crippen molar-refractivity contribution >= 4 is 23.2 Å². The van der Waals surface area contributed by atoms with E-state index in [4.69, 9.17) is 11.6 Å². The SMILES string of the molecule is Cc1cc(C(F)(F)F)n2nc(C(=O)NCc3ccn(C)n3)c(Cl)c2n1. The second-order valence-corrected chi connectivity index (χ2v) is 5.72. The molecule has 0 unspecified atom stereocenters. The standard InChI is InChI=1S/C14H12ClF3N6O/c1-7-5-9(14(16,17)18)24-12(20-7)10(15)11(22-24)13(25)19-6-8-3-4-23(2)21-8/h3-5H,6H2,1-2H3,(H,19,25). The molecule has 0 bridgehead atoms. The van der Waals surface area contributed by atoms with Crippen molar-refractivity contribution in [1.29, 1.82) is 0 Å². The van der Waals surface area contributed by atoms with Crippen molar-refractivity contribution < 1.29 is 18.0 Å². The molecule has 25 heavy (non-hydrogen) atoms. The molecular formula is C14H12ClF3N6O. The van der Waals surface area contributed by atoms with Gasteiger partial charge in [-0.3, -0.25) is 9.48 Å². The first-order valence-corrected chi connectivity index (χ1v) is 7.44. The van der Waals surface area contributed by atoms with Gasteiger partial charge in [-0.25, -0.2) is 9.50 Å². The third-order valence-electron chi connectivity index (χ3n) is 3.37. The van der Waals surface area contributed by atoms with Crippen LogP contribution in [0.2, 0.25) is 5.02 Å². The number of nitrogens with zero attached hydrogens (tertiary/aromatic N) is 5. The lowest BCUT2D eigenvalue weighted by Gasteiger charge is -2.09. The van der Waals surface area contributed by atoms with Crippen LogP contribution in [0.25, 0.3) is 5.65 Å². The van der Waals surface area contributed by atoms with Crippen LogP contribution in [0.15, 0.2) is 18.3 Å². The number of carbonyl (C=O) groups excluding carboxylic acids is 1. The van der Waals surface area contributed by atoms with Gasteiger partial charge in [-0.1, -0.05) is 11.6 Å². The van der Waals surface area contributed by atoms with Gasteiger partial charge in [0.25, 0.3) is 5.91 Å². The number of nitrogens with one attached hydrogen (secondary N) is 1. The minimum Gasteiger partial charge on any atom is -0.345 e. The van der Waals surface area contributed by atoms with Gasteiger partial charge in [0.05, 0.1) is 12.2 Å². The number of halogens is 4. The Bertz CT molecular complexity index is 962. The molecule has 3 heterocycles. The number of aryl methyl sites for hydroxylation is 2. The first-order valence-electron chi connectivity index (χ1n) is 7.06. The summed E-state index contributed by atoms with van der Waals surface area (Å²) in [5, 5.41) is 10.1. The predicted octanol–water partition coefficient (Wildman–Crippen LogP) is 2.37. The Morgan fingerprint density at radius 1 is 1.36 bits per heavy atom. The van der Waals surface area contributed by atoms with E-state index in [1.807, 2.05) is 0 Å². The fraction of sp³-hybridized carbons (Fsp3) is 0.286. The Balaban J connectivity index is 1.96. The summed E-state index contributed by atoms with van der Waals surface area (Å²) in [4.78, 5) is 16.2. The maximum Gasteiger partial charge on any atom is 0.433 e. The lowest BCUT2D eigenvalue weighted by atomic mass is 10.3. The van der Waals surface area contributed by atoms with Gasteiger partial charge in [0.2, 0.25) is 0 Å². The Morgan fingerprint density at radius 3 is 2.68 bits per heavy atom. The first-order chi connectivity index (χ1) is 11.7. The average molecular weight is 373 g/mol. The summed E-state index contributed by atoms with van der Waals surface area (Å²) >= 11 is 6.04. The summed E-state index contributed by atoms with van der Waals surface area (Å²) in [6, 6.07) is 2.53. The van der Waals surface area contributed by atoms with E-state index >= 15 is 0 Å². The molecule has 11 heteroatoms. The largest absolute Gasteiger partial charge is 0.433 e. The second-order valence-electron chi connectivity index (χ2n) is 5.34. The summed E-state index contributed by atoms with van der Waals surface area (Å²) in [5.74, 6) is -0.716. The van der Waals surface area contributed by atoms with Gasteiger partial charge in [0, 0.05) is 18.9 Å². The molecule has 0 aliphatic carbocycles. The number of amides is 1. The topological polar surface area (TPSA) is 77.1 Å². The normalized spacial score (nSPS) is 11.9. The van der Waals surface area contributed by atoms with Gasteiger partial charge >= 0.3 is 6.18 Å². The molecule has 0 spiro atoms. The summed E-state index contributed by atoms with van der Waals surface area (Å²) in [6.07, 6.45) is -2.97. The highest BCUT2D eigenvalue weighted by molar-refractivity contribution is 6.36. The van der Waals surface area contributed by atoms with Gasteiger partial charge in [0.15, 0.2) is 11.3 Å². The molecule has 0 atom stereocenters. The van der Waals surface area contributed by atoms with Crippen molar-refractivity contribution in [2.45, 2.75) is 19.6 Å². The molecule has 3 rings (SSSR count). The molecular weight excluding hydrogens is 361 g/mol. The van der Waals surface area contributed by atoms with E-state index in [1.54, 1.807) is 24.0 Å². The van der Waals surface area contributed by atoms with Crippen molar-refractivity contribution in [2.24, 2.45) is 7.05 Å². The number of alkyl halides is 3. The fourth-order valence-electron chi connectivity index (χ4n) is 2.27. The summed E-state index contributed by atoms with van der Waals surface area (Å²) < 4.78 is 41.6. The van der Waals surface area contributed by atoms with E-state index in [2.05, 4.69) is 20.5 Å². The number of hydrogen-bond donors (Lipinski definition) is 1. The van der Waals surface area contributed by atoms with Crippen LogP contribution in [0.5, 0.6) is 0 Å². The minimum absolute atomic E-state index is 0.0858. The molecule has 0 saturated carbocycles. The van der Waals surface area contributed by atoms with Gasteiger partial charge in [-0.2, -0.15) is 23.4 Å². The Kier molecular flexibility index (Phi) is 4.15. The van der Waals surface area contributed by atoms with Crippen molar-refractivity contribution in [3.8, 4) is 0 Å². The monoisotopic (exact) mass is 372 g/mol. The maximum absolute atomic E-state index is 13.2. The van der Waals surface area contributed by atoms with Crippen LogP contribution >= 0.6 is 11.6 Å². The van der Waals surface area contributed by atoms with Gasteiger partial charge in [-0.15, -0.1) is 0 Å². The van der Waals surface area contributed by atoms with Crippen molar-refractivity contribution in [3.63, 3.8) is 0 Å². The van der Waals surface area contributed by atoms with Crippen LogP contribution in [0.3, 0.4) is 0 Å². The van der Waals surface area contributed by atoms with Gasteiger partial charge in [-0.05, 0) is 19.1 Å². The molecule has 0 radical (unpaired) electrons. The molecule has 0 aliphatic heterocycles. The summed E-state index contributed by atoms with van der Waals surface area (Å²) in [5.41, 5.74) is -0.915. The molecule has 1 N–H and O–H groups in total. The third-order valence-corrected chi connectivity index (χ3v) is 3.71. The Hall–Kier alpha value is -2.62. The van der Waals surface area contributed by atoms with Crippen LogP contribution in [0, 0.1) is 6.92 Å². The van der Waals surface area contributed by atoms with Crippen molar-refractivity contribution in [2.75, 3.05) is 0 Å². The fourth-order valence-corrected chi connectivity index (χ4v) is 2.52. The third kappa shape index (κ3) is 3.29. The van der Waals surface area contributed by atoms with E-state index in [9.17, 15) is 18.0 Å². The highest BCUT2D eigenvalue weighted by atomic mass is 35.5. The van der Waals surface area contributed by atoms with Crippen LogP contribution < -0.4 is 5.32 Å². The van der Waals surface area contributed by atoms with Crippen molar-refractivity contribution in [3.05, 3.63) is 46.1 Å². The van der Waals surface area contributed by atoms with E-state index in [1.165, 1.54) is 6.92 Å². The molecule has 0 aliphatic rings. The molecule has 0 saturated heterocycles. The van der Waals surface area contributed by atoms with E-state index in [-0.39, 0.29) is 28.6 Å². The predicted molar refractivity (Wildman–Crippen MR) is 82.1 cm³/mol. The van der Waals surface area contributed by atoms with Crippen LogP contribution in [0.1, 0.15) is 27.6 Å². The van der Waals surface area contributed by atoms with Crippen molar-refractivity contribution in [1.82, 2.24) is 29.7 Å². The van der Waals surface area contributed by atoms with E-state index in [0.717, 1.165) is 6.07 Å². The summed E-state index contributed by atoms with van der Waals surface area (Å²) in [7, 11) is 1.72. The molecule has 132 valence electrons. The molecule has 0 fully saturated rings. The zero-order chi connectivity index (χ0) is 18.4. The van der Waals surface area contributed by atoms with Gasteiger partial charge in [0.1, 0.15) is 10.7 Å². The lowest BCUT2D eigenvalue weighted by Crippen LogP contribution is -2.24. The lowest BCUT2D eigenvalue weighted by molar-refractivity contribution is -0.142. The van der Waals surface area contributed by atoms with Gasteiger partial charge < -0.3 is 5.32 Å². The van der Waals surface area contributed by atoms with Crippen LogP contribution in [-0.4, -0.2) is 30.3 Å². The highest BCUT2D eigenvalue weighted by Crippen LogP contribution is 2.32. The number of hydrogen-bond acceptors (Lipinski definition) is 4. The number of aromatic nitrogens is 5. The van der Waals surface area contributed by atoms with E-state index < -0.39 is 17.8 Å². The zero-order valence-electron chi connectivity index (χ0n) is 13.1. The Labute approximate surface area is 144 Å². The zero-order valence-corrected chi connectivity index (χ0v) is 13.9. The number of rotatable bonds is 3. The minimum atomic E-state index is -4.66. The molecule has 7 nitrogen and oxygen atoms in total.